The fourth-order valence-electron chi connectivity index (χ4n) is 2.38. The molecule has 0 spiro atoms. The molecule has 0 saturated carbocycles. The fraction of sp³-hybridized carbons (Fsp3) is 0.467. The number of hydrogen-bond acceptors (Lipinski definition) is 5. The molecular formula is C15H20N4O3S. The van der Waals surface area contributed by atoms with E-state index in [1.165, 1.54) is 24.3 Å². The highest BCUT2D eigenvalue weighted by atomic mass is 32.2. The van der Waals surface area contributed by atoms with Crippen molar-refractivity contribution in [1.82, 2.24) is 9.80 Å². The lowest BCUT2D eigenvalue weighted by Crippen LogP contribution is -2.50. The van der Waals surface area contributed by atoms with Crippen molar-refractivity contribution in [2.45, 2.75) is 0 Å². The van der Waals surface area contributed by atoms with Crippen LogP contribution in [-0.4, -0.2) is 70.2 Å². The van der Waals surface area contributed by atoms with Crippen LogP contribution < -0.4 is 4.31 Å². The smallest absolute Gasteiger partial charge is 0.243 e. The topological polar surface area (TPSA) is 84.7 Å². The van der Waals surface area contributed by atoms with Crippen LogP contribution in [0, 0.1) is 11.3 Å². The maximum Gasteiger partial charge on any atom is 0.243 e. The number of nitrogens with zero attached hydrogens (tertiary/aromatic N) is 4. The van der Waals surface area contributed by atoms with Gasteiger partial charge in [0.1, 0.15) is 6.54 Å². The molecule has 0 radical (unpaired) electrons. The van der Waals surface area contributed by atoms with Crippen LogP contribution in [0.1, 0.15) is 5.56 Å². The Bertz CT molecular complexity index is 701. The summed E-state index contributed by atoms with van der Waals surface area (Å²) in [6, 6.07) is 8.13. The molecule has 0 unspecified atom stereocenters. The highest BCUT2D eigenvalue weighted by Gasteiger charge is 2.25. The quantitative estimate of drug-likeness (QED) is 0.778. The van der Waals surface area contributed by atoms with E-state index in [1.807, 2.05) is 13.1 Å². The molecule has 1 aliphatic rings. The molecule has 1 fully saturated rings. The standard InChI is InChI=1S/C15H20N4O3S/c1-17-7-9-18(10-8-17)15(20)12-19(23(2,21)22)14-5-3-13(11-16)4-6-14/h3-6H,7-10,12H2,1-2H3. The number of benzene rings is 1. The third-order valence-corrected chi connectivity index (χ3v) is 4.96. The minimum Gasteiger partial charge on any atom is -0.339 e. The van der Waals surface area contributed by atoms with Crippen LogP contribution in [-0.2, 0) is 14.8 Å². The van der Waals surface area contributed by atoms with Gasteiger partial charge in [-0.3, -0.25) is 9.10 Å². The number of likely N-dealkylation sites (N-methyl/N-ethyl adjacent to an activating group) is 1. The monoisotopic (exact) mass is 336 g/mol. The number of sulfonamides is 1. The Hall–Kier alpha value is -2.11. The molecule has 1 aliphatic heterocycles. The van der Waals surface area contributed by atoms with Crippen molar-refractivity contribution in [3.8, 4) is 6.07 Å². The average Bonchev–Trinajstić information content (AvgIpc) is 2.52. The van der Waals surface area contributed by atoms with Crippen molar-refractivity contribution in [2.24, 2.45) is 0 Å². The molecule has 1 saturated heterocycles. The van der Waals surface area contributed by atoms with Crippen LogP contribution in [0.3, 0.4) is 0 Å². The summed E-state index contributed by atoms with van der Waals surface area (Å²) in [7, 11) is -1.60. The molecule has 1 heterocycles. The number of hydrogen-bond donors (Lipinski definition) is 0. The van der Waals surface area contributed by atoms with Gasteiger partial charge in [0.15, 0.2) is 0 Å². The first-order valence-electron chi connectivity index (χ1n) is 7.25. The van der Waals surface area contributed by atoms with Crippen molar-refractivity contribution in [3.05, 3.63) is 29.8 Å². The molecule has 0 atom stereocenters. The van der Waals surface area contributed by atoms with Crippen LogP contribution in [0.15, 0.2) is 24.3 Å². The molecule has 0 N–H and O–H groups in total. The van der Waals surface area contributed by atoms with Crippen LogP contribution >= 0.6 is 0 Å². The Morgan fingerprint density at radius 2 is 1.78 bits per heavy atom. The summed E-state index contributed by atoms with van der Waals surface area (Å²) >= 11 is 0. The van der Waals surface area contributed by atoms with Gasteiger partial charge in [-0.1, -0.05) is 0 Å². The summed E-state index contributed by atoms with van der Waals surface area (Å²) in [6.07, 6.45) is 1.07. The van der Waals surface area contributed by atoms with E-state index < -0.39 is 10.0 Å². The molecular weight excluding hydrogens is 316 g/mol. The average molecular weight is 336 g/mol. The molecule has 1 aromatic carbocycles. The van der Waals surface area contributed by atoms with E-state index in [0.29, 0.717) is 24.3 Å². The second-order valence-corrected chi connectivity index (χ2v) is 7.52. The third-order valence-electron chi connectivity index (χ3n) is 3.82. The van der Waals surface area contributed by atoms with Gasteiger partial charge in [0.25, 0.3) is 0 Å². The van der Waals surface area contributed by atoms with E-state index in [9.17, 15) is 13.2 Å². The van der Waals surface area contributed by atoms with E-state index in [2.05, 4.69) is 4.90 Å². The summed E-state index contributed by atoms with van der Waals surface area (Å²) in [5.41, 5.74) is 0.821. The van der Waals surface area contributed by atoms with E-state index in [4.69, 9.17) is 5.26 Å². The zero-order valence-corrected chi connectivity index (χ0v) is 14.1. The summed E-state index contributed by atoms with van der Waals surface area (Å²) in [6.45, 7) is 2.53. The molecule has 2 rings (SSSR count). The van der Waals surface area contributed by atoms with Crippen molar-refractivity contribution >= 4 is 21.6 Å². The highest BCUT2D eigenvalue weighted by Crippen LogP contribution is 2.18. The number of piperazine rings is 1. The summed E-state index contributed by atoms with van der Waals surface area (Å²) in [4.78, 5) is 16.2. The minimum absolute atomic E-state index is 0.215. The van der Waals surface area contributed by atoms with E-state index >= 15 is 0 Å². The number of anilines is 1. The zero-order chi connectivity index (χ0) is 17.0. The van der Waals surface area contributed by atoms with Gasteiger partial charge in [-0.15, -0.1) is 0 Å². The van der Waals surface area contributed by atoms with Crippen molar-refractivity contribution in [2.75, 3.05) is 50.3 Å². The molecule has 0 bridgehead atoms. The van der Waals surface area contributed by atoms with E-state index in [1.54, 1.807) is 4.90 Å². The summed E-state index contributed by atoms with van der Waals surface area (Å²) in [5.74, 6) is -0.215. The molecule has 124 valence electrons. The molecule has 1 aromatic rings. The van der Waals surface area contributed by atoms with Crippen molar-refractivity contribution in [3.63, 3.8) is 0 Å². The zero-order valence-electron chi connectivity index (χ0n) is 13.3. The lowest BCUT2D eigenvalue weighted by molar-refractivity contribution is -0.131. The SMILES string of the molecule is CN1CCN(C(=O)CN(c2ccc(C#N)cc2)S(C)(=O)=O)CC1. The third kappa shape index (κ3) is 4.43. The van der Waals surface area contributed by atoms with Gasteiger partial charge in [-0.25, -0.2) is 8.42 Å². The minimum atomic E-state index is -3.59. The predicted octanol–water partition coefficient (Wildman–Crippen LogP) is 0.0983. The normalized spacial score (nSPS) is 16.0. The highest BCUT2D eigenvalue weighted by molar-refractivity contribution is 7.92. The van der Waals surface area contributed by atoms with Gasteiger partial charge < -0.3 is 9.80 Å². The van der Waals surface area contributed by atoms with E-state index in [0.717, 1.165) is 23.7 Å². The van der Waals surface area contributed by atoms with Crippen molar-refractivity contribution < 1.29 is 13.2 Å². The number of nitriles is 1. The first-order chi connectivity index (χ1) is 10.8. The van der Waals surface area contributed by atoms with Crippen LogP contribution in [0.2, 0.25) is 0 Å². The lowest BCUT2D eigenvalue weighted by Gasteiger charge is -2.34. The van der Waals surface area contributed by atoms with Gasteiger partial charge in [0.2, 0.25) is 15.9 Å². The number of carbonyl (C=O) groups excluding carboxylic acids is 1. The van der Waals surface area contributed by atoms with Gasteiger partial charge in [0, 0.05) is 26.2 Å². The first-order valence-corrected chi connectivity index (χ1v) is 9.10. The fourth-order valence-corrected chi connectivity index (χ4v) is 3.23. The first kappa shape index (κ1) is 17.2. The second-order valence-electron chi connectivity index (χ2n) is 5.61. The predicted molar refractivity (Wildman–Crippen MR) is 87.4 cm³/mol. The number of rotatable bonds is 4. The van der Waals surface area contributed by atoms with Gasteiger partial charge >= 0.3 is 0 Å². The Labute approximate surface area is 136 Å². The largest absolute Gasteiger partial charge is 0.339 e. The second kappa shape index (κ2) is 6.98. The van der Waals surface area contributed by atoms with Gasteiger partial charge in [-0.2, -0.15) is 5.26 Å². The Balaban J connectivity index is 2.16. The number of carbonyl (C=O) groups is 1. The number of amides is 1. The van der Waals surface area contributed by atoms with Crippen LogP contribution in [0.4, 0.5) is 5.69 Å². The molecule has 8 heteroatoms. The van der Waals surface area contributed by atoms with Gasteiger partial charge in [-0.05, 0) is 31.3 Å². The lowest BCUT2D eigenvalue weighted by atomic mass is 10.2. The Kier molecular flexibility index (Phi) is 5.23. The molecule has 0 aliphatic carbocycles. The van der Waals surface area contributed by atoms with Crippen LogP contribution in [0.25, 0.3) is 0 Å². The molecule has 0 aromatic heterocycles. The maximum atomic E-state index is 12.4. The molecule has 1 amide bonds. The van der Waals surface area contributed by atoms with Crippen LogP contribution in [0.5, 0.6) is 0 Å². The summed E-state index contributed by atoms with van der Waals surface area (Å²) < 4.78 is 25.2. The molecule has 23 heavy (non-hydrogen) atoms. The Morgan fingerprint density at radius 3 is 2.26 bits per heavy atom. The van der Waals surface area contributed by atoms with Crippen molar-refractivity contribution in [1.29, 1.82) is 5.26 Å². The van der Waals surface area contributed by atoms with E-state index in [-0.39, 0.29) is 12.5 Å². The summed E-state index contributed by atoms with van der Waals surface area (Å²) in [5, 5.41) is 8.82. The van der Waals surface area contributed by atoms with Gasteiger partial charge in [0.05, 0.1) is 23.6 Å². The molecule has 7 nitrogen and oxygen atoms in total. The maximum absolute atomic E-state index is 12.4. The Morgan fingerprint density at radius 1 is 1.22 bits per heavy atom.